The van der Waals surface area contributed by atoms with Crippen LogP contribution in [0, 0.1) is 0 Å². The van der Waals surface area contributed by atoms with Gasteiger partial charge in [-0.3, -0.25) is 0 Å². The molecule has 1 heterocycles. The van der Waals surface area contributed by atoms with Gasteiger partial charge in [0.05, 0.1) is 23.3 Å². The number of hydrogen-bond acceptors (Lipinski definition) is 0. The molecule has 3 aromatic carbocycles. The molecule has 0 atom stereocenters. The third-order valence-corrected chi connectivity index (χ3v) is 4.42. The van der Waals surface area contributed by atoms with Crippen molar-refractivity contribution in [3.8, 4) is 33.8 Å². The van der Waals surface area contributed by atoms with Crippen molar-refractivity contribution >= 4 is 11.6 Å². The van der Waals surface area contributed by atoms with Crippen LogP contribution in [0.4, 0.5) is 0 Å². The fourth-order valence-electron chi connectivity index (χ4n) is 2.84. The lowest BCUT2D eigenvalue weighted by atomic mass is 10.0. The van der Waals surface area contributed by atoms with Crippen LogP contribution >= 0.6 is 11.6 Å². The van der Waals surface area contributed by atoms with E-state index < -0.39 is 0 Å². The van der Waals surface area contributed by atoms with Crippen LogP contribution in [0.3, 0.4) is 0 Å². The van der Waals surface area contributed by atoms with Crippen LogP contribution < -0.4 is 0 Å². The number of hydrogen-bond donors (Lipinski definition) is 0. The van der Waals surface area contributed by atoms with E-state index in [4.69, 9.17) is 16.0 Å². The molecule has 0 saturated heterocycles. The molecule has 0 aliphatic carbocycles. The minimum Gasteiger partial charge on any atom is -0.207 e. The summed E-state index contributed by atoms with van der Waals surface area (Å²) in [6.07, 6.45) is 0. The van der Waals surface area contributed by atoms with Crippen molar-refractivity contribution < 1.29 is 4.42 Å². The Morgan fingerprint density at radius 2 is 1.00 bits per heavy atom. The molecule has 0 amide bonds. The first-order valence-electron chi connectivity index (χ1n) is 8.15. The molecule has 2 heteroatoms. The quantitative estimate of drug-likeness (QED) is 0.357. The summed E-state index contributed by atoms with van der Waals surface area (Å²) < 4.78 is 6.21. The Morgan fingerprint density at radius 3 is 1.52 bits per heavy atom. The second kappa shape index (κ2) is 6.92. The van der Waals surface area contributed by atoms with E-state index >= 15 is 0 Å². The lowest BCUT2D eigenvalue weighted by Gasteiger charge is -2.04. The molecule has 0 bridgehead atoms. The summed E-state index contributed by atoms with van der Waals surface area (Å²) in [6, 6.07) is 32.2. The Kier molecular flexibility index (Phi) is 4.32. The Labute approximate surface area is 152 Å². The standard InChI is InChI=1S/C23H16ClO/c24-21-14-8-7-13-20(21)19-15-22(17-9-3-1-4-10-17)25-23(16-19)18-11-5-2-6-12-18/h1-16H/q+1. The van der Waals surface area contributed by atoms with Crippen molar-refractivity contribution in [1.29, 1.82) is 0 Å². The van der Waals surface area contributed by atoms with Gasteiger partial charge in [0.25, 0.3) is 0 Å². The van der Waals surface area contributed by atoms with Gasteiger partial charge < -0.3 is 0 Å². The summed E-state index contributed by atoms with van der Waals surface area (Å²) in [5.41, 5.74) is 4.10. The molecule has 0 fully saturated rings. The van der Waals surface area contributed by atoms with E-state index in [1.54, 1.807) is 0 Å². The van der Waals surface area contributed by atoms with Gasteiger partial charge in [0.15, 0.2) is 0 Å². The summed E-state index contributed by atoms with van der Waals surface area (Å²) in [5, 5.41) is 0.728. The zero-order valence-electron chi connectivity index (χ0n) is 13.5. The first-order chi connectivity index (χ1) is 12.3. The maximum absolute atomic E-state index is 6.42. The highest BCUT2D eigenvalue weighted by molar-refractivity contribution is 6.33. The molecular weight excluding hydrogens is 328 g/mol. The number of rotatable bonds is 3. The highest BCUT2D eigenvalue weighted by Gasteiger charge is 2.20. The minimum atomic E-state index is 0.728. The van der Waals surface area contributed by atoms with Crippen molar-refractivity contribution in [2.24, 2.45) is 0 Å². The van der Waals surface area contributed by atoms with E-state index in [2.05, 4.69) is 0 Å². The zero-order valence-corrected chi connectivity index (χ0v) is 14.3. The highest BCUT2D eigenvalue weighted by Crippen LogP contribution is 2.35. The molecule has 0 spiro atoms. The molecule has 4 rings (SSSR count). The Bertz CT molecular complexity index is 937. The van der Waals surface area contributed by atoms with E-state index in [-0.39, 0.29) is 0 Å². The fraction of sp³-hybridized carbons (Fsp3) is 0. The van der Waals surface area contributed by atoms with Crippen LogP contribution in [0.25, 0.3) is 33.8 Å². The summed E-state index contributed by atoms with van der Waals surface area (Å²) in [5.74, 6) is 1.63. The predicted octanol–water partition coefficient (Wildman–Crippen LogP) is 7.22. The van der Waals surface area contributed by atoms with Gasteiger partial charge in [-0.1, -0.05) is 66.2 Å². The zero-order chi connectivity index (χ0) is 17.1. The lowest BCUT2D eigenvalue weighted by Crippen LogP contribution is -1.86. The molecule has 4 aromatic rings. The summed E-state index contributed by atoms with van der Waals surface area (Å²) in [7, 11) is 0. The lowest BCUT2D eigenvalue weighted by molar-refractivity contribution is 0.582. The normalized spacial score (nSPS) is 10.6. The maximum Gasteiger partial charge on any atom is 0.361 e. The largest absolute Gasteiger partial charge is 0.361 e. The summed E-state index contributed by atoms with van der Waals surface area (Å²) >= 11 is 6.42. The average molecular weight is 344 g/mol. The average Bonchev–Trinajstić information content (AvgIpc) is 2.69. The minimum absolute atomic E-state index is 0.728. The first kappa shape index (κ1) is 15.6. The molecule has 0 N–H and O–H groups in total. The van der Waals surface area contributed by atoms with Gasteiger partial charge >= 0.3 is 11.5 Å². The van der Waals surface area contributed by atoms with E-state index in [0.29, 0.717) is 0 Å². The van der Waals surface area contributed by atoms with Gasteiger partial charge in [-0.2, -0.15) is 0 Å². The monoisotopic (exact) mass is 343 g/mol. The van der Waals surface area contributed by atoms with Crippen LogP contribution in [-0.4, -0.2) is 0 Å². The molecule has 120 valence electrons. The van der Waals surface area contributed by atoms with E-state index in [1.807, 2.05) is 97.1 Å². The van der Waals surface area contributed by atoms with E-state index in [1.165, 1.54) is 0 Å². The Hall–Kier alpha value is -2.90. The van der Waals surface area contributed by atoms with Gasteiger partial charge in [-0.15, -0.1) is 0 Å². The summed E-state index contributed by atoms with van der Waals surface area (Å²) in [4.78, 5) is 0. The molecule has 1 nitrogen and oxygen atoms in total. The Morgan fingerprint density at radius 1 is 0.520 bits per heavy atom. The molecule has 1 aromatic heterocycles. The smallest absolute Gasteiger partial charge is 0.207 e. The third kappa shape index (κ3) is 3.33. The van der Waals surface area contributed by atoms with Crippen LogP contribution in [-0.2, 0) is 0 Å². The molecular formula is C23H16ClO+. The SMILES string of the molecule is Clc1ccccc1-c1cc(-c2ccccc2)[o+]c(-c2ccccc2)c1. The molecule has 0 radical (unpaired) electrons. The highest BCUT2D eigenvalue weighted by atomic mass is 35.5. The van der Waals surface area contributed by atoms with Gasteiger partial charge in [0.1, 0.15) is 0 Å². The third-order valence-electron chi connectivity index (χ3n) is 4.09. The topological polar surface area (TPSA) is 11.3 Å². The fourth-order valence-corrected chi connectivity index (χ4v) is 3.09. The second-order valence-corrected chi connectivity index (χ2v) is 6.19. The van der Waals surface area contributed by atoms with E-state index in [0.717, 1.165) is 38.8 Å². The van der Waals surface area contributed by atoms with Crippen molar-refractivity contribution in [3.05, 3.63) is 102 Å². The van der Waals surface area contributed by atoms with Crippen molar-refractivity contribution in [2.45, 2.75) is 0 Å². The Balaban J connectivity index is 1.94. The van der Waals surface area contributed by atoms with Crippen molar-refractivity contribution in [2.75, 3.05) is 0 Å². The van der Waals surface area contributed by atoms with Crippen molar-refractivity contribution in [1.82, 2.24) is 0 Å². The predicted molar refractivity (Wildman–Crippen MR) is 104 cm³/mol. The molecule has 0 aliphatic rings. The van der Waals surface area contributed by atoms with Gasteiger partial charge in [0, 0.05) is 16.1 Å². The maximum atomic E-state index is 6.42. The second-order valence-electron chi connectivity index (χ2n) is 5.79. The van der Waals surface area contributed by atoms with Crippen LogP contribution in [0.1, 0.15) is 0 Å². The van der Waals surface area contributed by atoms with Crippen molar-refractivity contribution in [3.63, 3.8) is 0 Å². The van der Waals surface area contributed by atoms with Crippen LogP contribution in [0.15, 0.2) is 101 Å². The molecule has 0 unspecified atom stereocenters. The van der Waals surface area contributed by atoms with Crippen LogP contribution in [0.5, 0.6) is 0 Å². The van der Waals surface area contributed by atoms with Gasteiger partial charge in [-0.05, 0) is 30.3 Å². The number of benzene rings is 3. The molecule has 25 heavy (non-hydrogen) atoms. The summed E-state index contributed by atoms with van der Waals surface area (Å²) in [6.45, 7) is 0. The van der Waals surface area contributed by atoms with Crippen LogP contribution in [0.2, 0.25) is 5.02 Å². The number of halogens is 1. The molecule has 0 aliphatic heterocycles. The van der Waals surface area contributed by atoms with E-state index in [9.17, 15) is 0 Å². The molecule has 0 saturated carbocycles. The first-order valence-corrected chi connectivity index (χ1v) is 8.53. The van der Waals surface area contributed by atoms with Gasteiger partial charge in [0.2, 0.25) is 0 Å². The van der Waals surface area contributed by atoms with Gasteiger partial charge in [-0.25, -0.2) is 4.42 Å².